The molecular formula is C33H29F2N5O2. The van der Waals surface area contributed by atoms with Crippen LogP contribution in [0.4, 0.5) is 19.3 Å². The summed E-state index contributed by atoms with van der Waals surface area (Å²) < 4.78 is 29.4. The van der Waals surface area contributed by atoms with E-state index >= 15 is 0 Å². The van der Waals surface area contributed by atoms with E-state index in [1.807, 2.05) is 66.7 Å². The van der Waals surface area contributed by atoms with Crippen LogP contribution >= 0.6 is 0 Å². The Balaban J connectivity index is 1.24. The van der Waals surface area contributed by atoms with Crippen molar-refractivity contribution >= 4 is 23.1 Å². The Labute approximate surface area is 242 Å². The molecule has 3 aromatic carbocycles. The molecule has 2 amide bonds. The van der Waals surface area contributed by atoms with Gasteiger partial charge in [0.05, 0.1) is 17.1 Å². The number of fused-ring (bicyclic) bond motifs is 1. The molecule has 6 rings (SSSR count). The summed E-state index contributed by atoms with van der Waals surface area (Å²) in [5, 5.41) is 2.55. The minimum atomic E-state index is -0.808. The van der Waals surface area contributed by atoms with Crippen LogP contribution in [0.25, 0.3) is 28.0 Å². The molecule has 5 aromatic rings. The Kier molecular flexibility index (Phi) is 7.50. The quantitative estimate of drug-likeness (QED) is 0.239. The summed E-state index contributed by atoms with van der Waals surface area (Å²) in [4.78, 5) is 33.4. The van der Waals surface area contributed by atoms with Crippen LogP contribution in [0.1, 0.15) is 23.0 Å². The minimum absolute atomic E-state index is 0.0293. The van der Waals surface area contributed by atoms with Crippen molar-refractivity contribution in [1.29, 1.82) is 0 Å². The number of rotatable bonds is 6. The second-order valence-corrected chi connectivity index (χ2v) is 10.4. The normalized spacial score (nSPS) is 13.8. The first-order valence-electron chi connectivity index (χ1n) is 13.8. The number of ketones is 1. The molecule has 212 valence electrons. The number of carbonyl (C=O) groups is 2. The van der Waals surface area contributed by atoms with Gasteiger partial charge >= 0.3 is 6.03 Å². The number of benzene rings is 3. The molecule has 2 aromatic heterocycles. The smallest absolute Gasteiger partial charge is 0.322 e. The van der Waals surface area contributed by atoms with E-state index in [1.54, 1.807) is 11.8 Å². The predicted molar refractivity (Wildman–Crippen MR) is 158 cm³/mol. The van der Waals surface area contributed by atoms with Crippen LogP contribution in [-0.4, -0.2) is 57.2 Å². The predicted octanol–water partition coefficient (Wildman–Crippen LogP) is 6.50. The van der Waals surface area contributed by atoms with Gasteiger partial charge in [-0.15, -0.1) is 0 Å². The standard InChI is InChI=1S/C33H29F2N5O2/c1-22(41)23-7-9-24(10-8-23)26-11-14-31-37-32(25-5-3-2-4-6-25)30(40(31)20-26)21-38-15-17-39(18-16-38)33(42)36-29-13-12-27(34)19-28(29)35/h2-14,19-20H,15-18,21H2,1H3,(H,36,42). The zero-order chi connectivity index (χ0) is 29.2. The van der Waals surface area contributed by atoms with Crippen molar-refractivity contribution in [3.8, 4) is 22.4 Å². The lowest BCUT2D eigenvalue weighted by atomic mass is 10.0. The number of aromatic nitrogens is 2. The van der Waals surface area contributed by atoms with Gasteiger partial charge in [0.1, 0.15) is 17.3 Å². The number of hydrogen-bond acceptors (Lipinski definition) is 4. The first-order valence-corrected chi connectivity index (χ1v) is 13.8. The summed E-state index contributed by atoms with van der Waals surface area (Å²) >= 11 is 0. The molecule has 0 radical (unpaired) electrons. The van der Waals surface area contributed by atoms with Crippen molar-refractivity contribution in [3.63, 3.8) is 0 Å². The molecule has 9 heteroatoms. The third kappa shape index (κ3) is 5.64. The minimum Gasteiger partial charge on any atom is -0.322 e. The number of urea groups is 1. The monoisotopic (exact) mass is 565 g/mol. The van der Waals surface area contributed by atoms with Crippen molar-refractivity contribution in [2.75, 3.05) is 31.5 Å². The molecule has 1 saturated heterocycles. The van der Waals surface area contributed by atoms with Crippen molar-refractivity contribution in [3.05, 3.63) is 114 Å². The fourth-order valence-corrected chi connectivity index (χ4v) is 5.25. The van der Waals surface area contributed by atoms with Crippen LogP contribution in [0.5, 0.6) is 0 Å². The van der Waals surface area contributed by atoms with E-state index in [1.165, 1.54) is 6.07 Å². The van der Waals surface area contributed by atoms with Crippen LogP contribution in [0, 0.1) is 11.6 Å². The summed E-state index contributed by atoms with van der Waals surface area (Å²) in [5.74, 6) is -1.47. The number of pyridine rings is 1. The largest absolute Gasteiger partial charge is 0.322 e. The van der Waals surface area contributed by atoms with E-state index in [2.05, 4.69) is 20.8 Å². The first-order chi connectivity index (χ1) is 20.4. The van der Waals surface area contributed by atoms with Crippen LogP contribution < -0.4 is 5.32 Å². The molecule has 7 nitrogen and oxygen atoms in total. The number of Topliss-reactive ketones (excluding diaryl/α,β-unsaturated/α-hetero) is 1. The van der Waals surface area contributed by atoms with Gasteiger partial charge in [-0.1, -0.05) is 54.6 Å². The lowest BCUT2D eigenvalue weighted by Crippen LogP contribution is -2.49. The molecule has 0 unspecified atom stereocenters. The zero-order valence-corrected chi connectivity index (χ0v) is 23.1. The van der Waals surface area contributed by atoms with E-state index in [0.29, 0.717) is 38.3 Å². The number of piperazine rings is 1. The molecular weight excluding hydrogens is 536 g/mol. The maximum Gasteiger partial charge on any atom is 0.322 e. The summed E-state index contributed by atoms with van der Waals surface area (Å²) in [5.41, 5.74) is 6.40. The number of nitrogens with one attached hydrogen (secondary N) is 1. The number of amides is 2. The summed E-state index contributed by atoms with van der Waals surface area (Å²) in [6.45, 7) is 4.32. The highest BCUT2D eigenvalue weighted by molar-refractivity contribution is 5.94. The molecule has 1 aliphatic rings. The van der Waals surface area contributed by atoms with Gasteiger partial charge < -0.3 is 14.6 Å². The van der Waals surface area contributed by atoms with Crippen LogP contribution in [0.3, 0.4) is 0 Å². The van der Waals surface area contributed by atoms with E-state index in [4.69, 9.17) is 4.98 Å². The van der Waals surface area contributed by atoms with Crippen molar-refractivity contribution in [2.24, 2.45) is 0 Å². The summed E-state index contributed by atoms with van der Waals surface area (Å²) in [6.07, 6.45) is 2.08. The first kappa shape index (κ1) is 27.3. The molecule has 0 spiro atoms. The topological polar surface area (TPSA) is 70.0 Å². The lowest BCUT2D eigenvalue weighted by Gasteiger charge is -2.34. The van der Waals surface area contributed by atoms with E-state index in [0.717, 1.165) is 45.9 Å². The number of halogens is 2. The number of anilines is 1. The SMILES string of the molecule is CC(=O)c1ccc(-c2ccc3nc(-c4ccccc4)c(CN4CCN(C(=O)Nc5ccc(F)cc5F)CC4)n3c2)cc1. The molecule has 0 saturated carbocycles. The van der Waals surface area contributed by atoms with E-state index < -0.39 is 17.7 Å². The fraction of sp³-hybridized carbons (Fsp3) is 0.182. The third-order valence-corrected chi connectivity index (χ3v) is 7.60. The van der Waals surface area contributed by atoms with Crippen molar-refractivity contribution < 1.29 is 18.4 Å². The van der Waals surface area contributed by atoms with Gasteiger partial charge in [-0.2, -0.15) is 0 Å². The third-order valence-electron chi connectivity index (χ3n) is 7.60. The highest BCUT2D eigenvalue weighted by Crippen LogP contribution is 2.29. The number of nitrogens with zero attached hydrogens (tertiary/aromatic N) is 4. The Morgan fingerprint density at radius 2 is 1.55 bits per heavy atom. The number of hydrogen-bond donors (Lipinski definition) is 1. The van der Waals surface area contributed by atoms with Gasteiger partial charge in [0.2, 0.25) is 0 Å². The van der Waals surface area contributed by atoms with Crippen LogP contribution in [-0.2, 0) is 6.54 Å². The Hall–Kier alpha value is -4.89. The average molecular weight is 566 g/mol. The zero-order valence-electron chi connectivity index (χ0n) is 23.1. The Bertz CT molecular complexity index is 1760. The average Bonchev–Trinajstić information content (AvgIpc) is 3.36. The van der Waals surface area contributed by atoms with Crippen LogP contribution in [0.2, 0.25) is 0 Å². The fourth-order valence-electron chi connectivity index (χ4n) is 5.25. The second-order valence-electron chi connectivity index (χ2n) is 10.4. The van der Waals surface area contributed by atoms with Gasteiger partial charge in [0, 0.05) is 56.1 Å². The second kappa shape index (κ2) is 11.5. The van der Waals surface area contributed by atoms with E-state index in [9.17, 15) is 18.4 Å². The molecule has 0 aliphatic carbocycles. The summed E-state index contributed by atoms with van der Waals surface area (Å²) in [6, 6.07) is 24.3. The molecule has 1 fully saturated rings. The Morgan fingerprint density at radius 3 is 2.24 bits per heavy atom. The number of imidazole rings is 1. The highest BCUT2D eigenvalue weighted by atomic mass is 19.1. The van der Waals surface area contributed by atoms with Crippen molar-refractivity contribution in [2.45, 2.75) is 13.5 Å². The van der Waals surface area contributed by atoms with Crippen molar-refractivity contribution in [1.82, 2.24) is 19.2 Å². The van der Waals surface area contributed by atoms with Gasteiger partial charge in [0.25, 0.3) is 0 Å². The van der Waals surface area contributed by atoms with Gasteiger partial charge in [0.15, 0.2) is 5.78 Å². The van der Waals surface area contributed by atoms with E-state index in [-0.39, 0.29) is 11.5 Å². The molecule has 1 N–H and O–H groups in total. The maximum absolute atomic E-state index is 14.0. The summed E-state index contributed by atoms with van der Waals surface area (Å²) in [7, 11) is 0. The maximum atomic E-state index is 14.0. The lowest BCUT2D eigenvalue weighted by molar-refractivity contribution is 0.101. The molecule has 0 bridgehead atoms. The molecule has 0 atom stereocenters. The number of carbonyl (C=O) groups excluding carboxylic acids is 2. The molecule has 1 aliphatic heterocycles. The molecule has 3 heterocycles. The Morgan fingerprint density at radius 1 is 0.833 bits per heavy atom. The van der Waals surface area contributed by atoms with Gasteiger partial charge in [-0.3, -0.25) is 9.69 Å². The highest BCUT2D eigenvalue weighted by Gasteiger charge is 2.24. The van der Waals surface area contributed by atoms with Crippen LogP contribution in [0.15, 0.2) is 91.1 Å². The molecule has 42 heavy (non-hydrogen) atoms. The van der Waals surface area contributed by atoms with Gasteiger partial charge in [-0.25, -0.2) is 18.6 Å². The van der Waals surface area contributed by atoms with Gasteiger partial charge in [-0.05, 0) is 42.3 Å².